The number of hydrogen-bond acceptors (Lipinski definition) is 12. The Bertz CT molecular complexity index is 1390. The van der Waals surface area contributed by atoms with Crippen molar-refractivity contribution < 1.29 is 36.3 Å². The van der Waals surface area contributed by atoms with E-state index in [2.05, 4.69) is 10.3 Å². The molecular weight excluding hydrogens is 550 g/mol. The van der Waals surface area contributed by atoms with Crippen molar-refractivity contribution in [3.05, 3.63) is 44.5 Å². The lowest BCUT2D eigenvalue weighted by Gasteiger charge is -2.21. The van der Waals surface area contributed by atoms with Crippen molar-refractivity contribution in [3.63, 3.8) is 0 Å². The zero-order valence-electron chi connectivity index (χ0n) is 23.6. The van der Waals surface area contributed by atoms with Gasteiger partial charge in [0.05, 0.1) is 25.2 Å². The second kappa shape index (κ2) is 13.2. The summed E-state index contributed by atoms with van der Waals surface area (Å²) in [6.07, 6.45) is -0.866. The highest BCUT2D eigenvalue weighted by Gasteiger charge is 2.41. The summed E-state index contributed by atoms with van der Waals surface area (Å²) >= 11 is 0. The van der Waals surface area contributed by atoms with Gasteiger partial charge in [0.15, 0.2) is 0 Å². The van der Waals surface area contributed by atoms with E-state index >= 15 is 0 Å². The zero-order chi connectivity index (χ0) is 29.7. The molecule has 0 aromatic carbocycles. The van der Waals surface area contributed by atoms with E-state index in [1.165, 1.54) is 24.9 Å². The summed E-state index contributed by atoms with van der Waals surface area (Å²) in [4.78, 5) is 38.4. The summed E-state index contributed by atoms with van der Waals surface area (Å²) in [6.45, 7) is 9.26. The monoisotopic (exact) mass is 587 g/mol. The van der Waals surface area contributed by atoms with Gasteiger partial charge in [-0.2, -0.15) is 13.0 Å². The topological polar surface area (TPSA) is 172 Å². The molecule has 3 atom stereocenters. The number of carbonyl (C=O) groups is 1. The molecule has 15 nitrogen and oxygen atoms in total. The Hall–Kier alpha value is -2.92. The lowest BCUT2D eigenvalue weighted by molar-refractivity contribution is -0.0508. The zero-order valence-corrected chi connectivity index (χ0v) is 24.4. The second-order valence-corrected chi connectivity index (χ2v) is 12.0. The van der Waals surface area contributed by atoms with E-state index in [1.807, 2.05) is 6.92 Å². The molecule has 1 aliphatic rings. The minimum atomic E-state index is -4.00. The van der Waals surface area contributed by atoms with Crippen molar-refractivity contribution in [2.24, 2.45) is 0 Å². The molecule has 1 aliphatic heterocycles. The maximum atomic E-state index is 13.2. The van der Waals surface area contributed by atoms with Gasteiger partial charge in [0.2, 0.25) is 0 Å². The predicted molar refractivity (Wildman–Crippen MR) is 140 cm³/mol. The molecular formula is C24H37N5O10S. The molecule has 2 aromatic rings. The Morgan fingerprint density at radius 3 is 2.60 bits per heavy atom. The van der Waals surface area contributed by atoms with Crippen molar-refractivity contribution in [2.75, 3.05) is 26.1 Å². The second-order valence-electron chi connectivity index (χ2n) is 10.3. The number of aryl methyl sites for hydroxylation is 2. The third-order valence-corrected chi connectivity index (χ3v) is 7.10. The molecule has 0 radical (unpaired) electrons. The van der Waals surface area contributed by atoms with Gasteiger partial charge in [0, 0.05) is 38.4 Å². The Morgan fingerprint density at radius 1 is 1.23 bits per heavy atom. The summed E-state index contributed by atoms with van der Waals surface area (Å²) < 4.78 is 55.6. The van der Waals surface area contributed by atoms with E-state index in [9.17, 15) is 22.8 Å². The van der Waals surface area contributed by atoms with Crippen LogP contribution in [-0.4, -0.2) is 82.5 Å². The Kier molecular flexibility index (Phi) is 10.4. The van der Waals surface area contributed by atoms with Gasteiger partial charge >= 0.3 is 11.8 Å². The van der Waals surface area contributed by atoms with E-state index in [-0.39, 0.29) is 30.8 Å². The highest BCUT2D eigenvalue weighted by Crippen LogP contribution is 2.31. The minimum Gasteiger partial charge on any atom is -0.443 e. The fourth-order valence-corrected chi connectivity index (χ4v) is 5.18. The molecule has 0 bridgehead atoms. The van der Waals surface area contributed by atoms with Crippen LogP contribution in [0.3, 0.4) is 0 Å². The van der Waals surface area contributed by atoms with Crippen LogP contribution in [0.4, 0.5) is 4.79 Å². The van der Waals surface area contributed by atoms with Crippen molar-refractivity contribution in [2.45, 2.75) is 84.6 Å². The third kappa shape index (κ3) is 8.30. The number of ether oxygens (including phenoxy) is 4. The predicted octanol–water partition coefficient (Wildman–Crippen LogP) is 0.969. The lowest BCUT2D eigenvalue weighted by Crippen LogP contribution is -2.47. The van der Waals surface area contributed by atoms with Crippen LogP contribution in [0.1, 0.15) is 58.0 Å². The van der Waals surface area contributed by atoms with Crippen LogP contribution in [0.25, 0.3) is 0 Å². The van der Waals surface area contributed by atoms with Crippen molar-refractivity contribution >= 4 is 16.2 Å². The molecule has 0 saturated carbocycles. The standard InChI is InChI=1S/C24H37N5O10S/c1-7-36-14-17-13-27(26-25-17)9-8-10-40(33,34)39-18-11-20(37-19(18)15-35-6)28-12-16(2)21(30)29(22(28)31)23(32)38-24(3,4)5/h12-13,18-20H,7-11,14-15H2,1-6H3/t18?,19-,20-/m1/s1. The number of aromatic nitrogens is 5. The van der Waals surface area contributed by atoms with Crippen LogP contribution in [-0.2, 0) is 46.4 Å². The lowest BCUT2D eigenvalue weighted by atomic mass is 10.2. The number of methoxy groups -OCH3 is 1. The van der Waals surface area contributed by atoms with Crippen molar-refractivity contribution in [1.29, 1.82) is 0 Å². The van der Waals surface area contributed by atoms with Crippen LogP contribution in [0.5, 0.6) is 0 Å². The molecule has 1 saturated heterocycles. The van der Waals surface area contributed by atoms with Crippen LogP contribution < -0.4 is 11.2 Å². The molecule has 0 amide bonds. The van der Waals surface area contributed by atoms with E-state index in [1.54, 1.807) is 27.0 Å². The van der Waals surface area contributed by atoms with Gasteiger partial charge in [-0.25, -0.2) is 9.59 Å². The summed E-state index contributed by atoms with van der Waals surface area (Å²) in [7, 11) is -2.59. The normalized spacial score (nSPS) is 19.7. The van der Waals surface area contributed by atoms with Gasteiger partial charge in [0.25, 0.3) is 15.7 Å². The molecule has 0 aliphatic carbocycles. The van der Waals surface area contributed by atoms with Gasteiger partial charge in [-0.05, 0) is 41.0 Å². The molecule has 3 rings (SSSR count). The molecule has 2 aromatic heterocycles. The molecule has 0 spiro atoms. The minimum absolute atomic E-state index is 0.0162. The van der Waals surface area contributed by atoms with Crippen LogP contribution in [0.2, 0.25) is 0 Å². The van der Waals surface area contributed by atoms with E-state index in [0.29, 0.717) is 30.0 Å². The molecule has 40 heavy (non-hydrogen) atoms. The number of nitrogens with zero attached hydrogens (tertiary/aromatic N) is 5. The molecule has 0 N–H and O–H groups in total. The summed E-state index contributed by atoms with van der Waals surface area (Å²) in [5.74, 6) is -0.295. The van der Waals surface area contributed by atoms with E-state index in [4.69, 9.17) is 23.1 Å². The molecule has 3 heterocycles. The van der Waals surface area contributed by atoms with Gasteiger partial charge in [0.1, 0.15) is 29.7 Å². The quantitative estimate of drug-likeness (QED) is 0.323. The molecule has 1 fully saturated rings. The first kappa shape index (κ1) is 31.6. The van der Waals surface area contributed by atoms with Crippen LogP contribution >= 0.6 is 0 Å². The molecule has 1 unspecified atom stereocenters. The van der Waals surface area contributed by atoms with E-state index in [0.717, 1.165) is 4.57 Å². The maximum Gasteiger partial charge on any atom is 0.425 e. The Morgan fingerprint density at radius 2 is 1.95 bits per heavy atom. The first-order chi connectivity index (χ1) is 18.7. The first-order valence-electron chi connectivity index (χ1n) is 12.8. The van der Waals surface area contributed by atoms with Gasteiger partial charge in [-0.15, -0.1) is 5.10 Å². The smallest absolute Gasteiger partial charge is 0.425 e. The number of hydrogen-bond donors (Lipinski definition) is 0. The SMILES string of the molecule is CCOCc1cn(CCCS(=O)(=O)OC2C[C@H](n3cc(C)c(=O)n(C(=O)OC(C)(C)C)c3=O)O[C@@H]2COC)nn1. The molecule has 224 valence electrons. The average molecular weight is 588 g/mol. The highest BCUT2D eigenvalue weighted by atomic mass is 32.2. The summed E-state index contributed by atoms with van der Waals surface area (Å²) in [5.41, 5.74) is -2.02. The Balaban J connectivity index is 1.72. The first-order valence-corrected chi connectivity index (χ1v) is 14.4. The van der Waals surface area contributed by atoms with Crippen molar-refractivity contribution in [3.8, 4) is 0 Å². The average Bonchev–Trinajstić information content (AvgIpc) is 3.45. The largest absolute Gasteiger partial charge is 0.443 e. The summed E-state index contributed by atoms with van der Waals surface area (Å²) in [5, 5.41) is 7.93. The fourth-order valence-electron chi connectivity index (χ4n) is 4.02. The third-order valence-electron chi connectivity index (χ3n) is 5.78. The number of rotatable bonds is 12. The highest BCUT2D eigenvalue weighted by molar-refractivity contribution is 7.86. The van der Waals surface area contributed by atoms with Crippen LogP contribution in [0.15, 0.2) is 22.0 Å². The van der Waals surface area contributed by atoms with Gasteiger partial charge < -0.3 is 18.9 Å². The number of carbonyl (C=O) groups excluding carboxylic acids is 1. The van der Waals surface area contributed by atoms with Gasteiger partial charge in [-0.1, -0.05) is 5.21 Å². The Labute approximate surface area is 232 Å². The van der Waals surface area contributed by atoms with E-state index < -0.39 is 51.5 Å². The fraction of sp³-hybridized carbons (Fsp3) is 0.708. The van der Waals surface area contributed by atoms with Gasteiger partial charge in [-0.3, -0.25) is 18.2 Å². The van der Waals surface area contributed by atoms with Crippen LogP contribution in [0, 0.1) is 6.92 Å². The summed E-state index contributed by atoms with van der Waals surface area (Å²) in [6, 6.07) is 0. The maximum absolute atomic E-state index is 13.2. The van der Waals surface area contributed by atoms with Crippen molar-refractivity contribution in [1.82, 2.24) is 24.1 Å². The molecule has 16 heteroatoms.